The van der Waals surface area contributed by atoms with Gasteiger partial charge in [-0.1, -0.05) is 30.3 Å². The predicted molar refractivity (Wildman–Crippen MR) is 71.6 cm³/mol. The van der Waals surface area contributed by atoms with E-state index in [2.05, 4.69) is 0 Å². The maximum absolute atomic E-state index is 11.9. The molecule has 3 nitrogen and oxygen atoms in total. The molecule has 0 atom stereocenters. The van der Waals surface area contributed by atoms with Gasteiger partial charge in [0, 0.05) is 31.9 Å². The van der Waals surface area contributed by atoms with Gasteiger partial charge in [0.2, 0.25) is 0 Å². The first-order chi connectivity index (χ1) is 8.66. The zero-order valence-corrected chi connectivity index (χ0v) is 10.6. The second kappa shape index (κ2) is 5.36. The van der Waals surface area contributed by atoms with E-state index in [1.807, 2.05) is 73.9 Å². The Kier molecular flexibility index (Phi) is 3.63. The summed E-state index contributed by atoms with van der Waals surface area (Å²) in [5.41, 5.74) is 1.80. The van der Waals surface area contributed by atoms with E-state index in [0.29, 0.717) is 5.56 Å². The minimum absolute atomic E-state index is 0.00166. The minimum atomic E-state index is -0.00166. The zero-order chi connectivity index (χ0) is 13.0. The molecule has 0 amide bonds. The van der Waals surface area contributed by atoms with Crippen molar-refractivity contribution >= 4 is 17.6 Å². The topological polar surface area (TPSA) is 30.2 Å². The average Bonchev–Trinajstić information content (AvgIpc) is 2.40. The number of pyridine rings is 1. The Labute approximate surface area is 107 Å². The highest BCUT2D eigenvalue weighted by Crippen LogP contribution is 2.08. The Morgan fingerprint density at radius 2 is 1.67 bits per heavy atom. The molecular formula is C15H16N2O. The molecule has 3 heteroatoms. The highest BCUT2D eigenvalue weighted by atomic mass is 16.3. The molecule has 0 aliphatic carbocycles. The van der Waals surface area contributed by atoms with E-state index in [4.69, 9.17) is 0 Å². The fourth-order valence-corrected chi connectivity index (χ4v) is 1.63. The van der Waals surface area contributed by atoms with Crippen LogP contribution in [0.15, 0.2) is 54.9 Å². The second-order valence-corrected chi connectivity index (χ2v) is 4.26. The maximum Gasteiger partial charge on any atom is 0.176 e. The van der Waals surface area contributed by atoms with Crippen molar-refractivity contribution in [2.24, 2.45) is 0 Å². The van der Waals surface area contributed by atoms with Gasteiger partial charge in [-0.15, -0.1) is 0 Å². The molecule has 0 spiro atoms. The molecule has 0 fully saturated rings. The van der Waals surface area contributed by atoms with Crippen molar-refractivity contribution in [3.63, 3.8) is 0 Å². The van der Waals surface area contributed by atoms with Crippen LogP contribution in [-0.2, 0) is 0 Å². The molecule has 0 radical (unpaired) electrons. The third-order valence-electron chi connectivity index (χ3n) is 2.68. The molecule has 1 heterocycles. The van der Waals surface area contributed by atoms with Gasteiger partial charge in [-0.2, -0.15) is 4.57 Å². The molecule has 18 heavy (non-hydrogen) atoms. The van der Waals surface area contributed by atoms with Crippen molar-refractivity contribution in [2.45, 2.75) is 0 Å². The van der Waals surface area contributed by atoms with Gasteiger partial charge in [-0.3, -0.25) is 0 Å². The van der Waals surface area contributed by atoms with Crippen LogP contribution < -0.4 is 14.6 Å². The number of benzene rings is 1. The molecule has 0 aliphatic heterocycles. The van der Waals surface area contributed by atoms with E-state index in [1.54, 1.807) is 10.8 Å². The largest absolute Gasteiger partial charge is 0.868 e. The van der Waals surface area contributed by atoms with E-state index in [0.717, 1.165) is 5.69 Å². The lowest BCUT2D eigenvalue weighted by Crippen LogP contribution is -2.27. The molecule has 0 aliphatic rings. The van der Waals surface area contributed by atoms with Crippen molar-refractivity contribution in [1.29, 1.82) is 0 Å². The first-order valence-corrected chi connectivity index (χ1v) is 5.79. The number of nitrogens with zero attached hydrogens (tertiary/aromatic N) is 2. The van der Waals surface area contributed by atoms with E-state index >= 15 is 0 Å². The Morgan fingerprint density at radius 3 is 2.22 bits per heavy atom. The summed E-state index contributed by atoms with van der Waals surface area (Å²) >= 11 is 0. The highest BCUT2D eigenvalue weighted by molar-refractivity contribution is 5.64. The third-order valence-corrected chi connectivity index (χ3v) is 2.68. The summed E-state index contributed by atoms with van der Waals surface area (Å²) in [4.78, 5) is 2.02. The first-order valence-electron chi connectivity index (χ1n) is 5.79. The molecule has 92 valence electrons. The first kappa shape index (κ1) is 12.2. The van der Waals surface area contributed by atoms with Gasteiger partial charge in [0.1, 0.15) is 0 Å². The smallest absolute Gasteiger partial charge is 0.176 e. The number of hydrogen-bond acceptors (Lipinski definition) is 2. The van der Waals surface area contributed by atoms with Crippen LogP contribution in [0.2, 0.25) is 0 Å². The van der Waals surface area contributed by atoms with Crippen LogP contribution in [0, 0.1) is 0 Å². The fourth-order valence-electron chi connectivity index (χ4n) is 1.63. The van der Waals surface area contributed by atoms with Crippen molar-refractivity contribution < 1.29 is 9.67 Å². The van der Waals surface area contributed by atoms with Crippen LogP contribution in [0.3, 0.4) is 0 Å². The number of anilines is 1. The monoisotopic (exact) mass is 240 g/mol. The van der Waals surface area contributed by atoms with Gasteiger partial charge in [-0.25, -0.2) is 0 Å². The quantitative estimate of drug-likeness (QED) is 0.599. The number of hydrogen-bond donors (Lipinski definition) is 0. The zero-order valence-electron chi connectivity index (χ0n) is 10.6. The molecule has 0 N–H and O–H groups in total. The molecule has 1 aromatic heterocycles. The van der Waals surface area contributed by atoms with Gasteiger partial charge in [0.15, 0.2) is 18.6 Å². The maximum atomic E-state index is 11.9. The summed E-state index contributed by atoms with van der Waals surface area (Å²) in [6.45, 7) is 0. The summed E-state index contributed by atoms with van der Waals surface area (Å²) in [6.07, 6.45) is 5.32. The van der Waals surface area contributed by atoms with E-state index in [9.17, 15) is 5.11 Å². The van der Waals surface area contributed by atoms with Gasteiger partial charge in [0.25, 0.3) is 0 Å². The van der Waals surface area contributed by atoms with Crippen LogP contribution >= 0.6 is 0 Å². The lowest BCUT2D eigenvalue weighted by Gasteiger charge is -2.11. The summed E-state index contributed by atoms with van der Waals surface area (Å²) in [5, 5.41) is 11.9. The second-order valence-electron chi connectivity index (χ2n) is 4.26. The van der Waals surface area contributed by atoms with Crippen LogP contribution in [0.1, 0.15) is 5.56 Å². The van der Waals surface area contributed by atoms with Gasteiger partial charge in [-0.05, 0) is 11.3 Å². The van der Waals surface area contributed by atoms with E-state index in [-0.39, 0.29) is 5.76 Å². The number of rotatable bonds is 3. The summed E-state index contributed by atoms with van der Waals surface area (Å²) < 4.78 is 1.77. The van der Waals surface area contributed by atoms with E-state index in [1.165, 1.54) is 0 Å². The molecule has 0 bridgehead atoms. The number of aromatic nitrogens is 1. The van der Waals surface area contributed by atoms with E-state index < -0.39 is 0 Å². The van der Waals surface area contributed by atoms with Gasteiger partial charge >= 0.3 is 0 Å². The van der Waals surface area contributed by atoms with Crippen molar-refractivity contribution in [1.82, 2.24) is 0 Å². The molecule has 2 rings (SSSR count). The average molecular weight is 240 g/mol. The molecule has 2 aromatic rings. The van der Waals surface area contributed by atoms with Crippen molar-refractivity contribution in [3.8, 4) is 0 Å². The Bertz CT molecular complexity index is 530. The molecule has 0 saturated heterocycles. The van der Waals surface area contributed by atoms with Crippen molar-refractivity contribution in [2.75, 3.05) is 19.0 Å². The van der Waals surface area contributed by atoms with Gasteiger partial charge in [0.05, 0.1) is 0 Å². The SMILES string of the molecule is CN(C)c1cc[n+](/C=C(\[O-])c2ccccc2)cc1. The Morgan fingerprint density at radius 1 is 1.06 bits per heavy atom. The standard InChI is InChI=1S/C15H16N2O/c1-16(2)14-8-10-17(11-9-14)12-15(18)13-6-4-3-5-7-13/h3-12H,1-2H3/b15-12-. The molecule has 0 unspecified atom stereocenters. The van der Waals surface area contributed by atoms with Crippen molar-refractivity contribution in [3.05, 3.63) is 60.4 Å². The third kappa shape index (κ3) is 2.88. The lowest BCUT2D eigenvalue weighted by atomic mass is 10.2. The minimum Gasteiger partial charge on any atom is -0.868 e. The predicted octanol–water partition coefficient (Wildman–Crippen LogP) is 1.36. The normalized spacial score (nSPS) is 11.3. The Balaban J connectivity index is 2.23. The fraction of sp³-hybridized carbons (Fsp3) is 0.133. The van der Waals surface area contributed by atoms with Crippen LogP contribution in [0.4, 0.5) is 5.69 Å². The molecule has 0 saturated carbocycles. The summed E-state index contributed by atoms with van der Waals surface area (Å²) in [7, 11) is 3.97. The highest BCUT2D eigenvalue weighted by Gasteiger charge is 1.99. The molecular weight excluding hydrogens is 224 g/mol. The van der Waals surface area contributed by atoms with Crippen LogP contribution in [-0.4, -0.2) is 14.1 Å². The Hall–Kier alpha value is -2.29. The summed E-state index contributed by atoms with van der Waals surface area (Å²) in [6, 6.07) is 13.2. The van der Waals surface area contributed by atoms with Crippen LogP contribution in [0.25, 0.3) is 12.0 Å². The lowest BCUT2D eigenvalue weighted by molar-refractivity contribution is -0.569. The molecule has 1 aromatic carbocycles. The van der Waals surface area contributed by atoms with Crippen LogP contribution in [0.5, 0.6) is 0 Å². The summed E-state index contributed by atoms with van der Waals surface area (Å²) in [5.74, 6) is -0.00166. The van der Waals surface area contributed by atoms with Gasteiger partial charge < -0.3 is 10.0 Å².